The molecule has 232 valence electrons. The quantitative estimate of drug-likeness (QED) is 0.0825. The molecule has 4 aromatic carbocycles. The minimum Gasteiger partial charge on any atom is -0.280 e. The topological polar surface area (TPSA) is 169 Å². The normalized spacial score (nSPS) is 12.5. The smallest absolute Gasteiger partial charge is 0.280 e. The van der Waals surface area contributed by atoms with Crippen molar-refractivity contribution >= 4 is 8.25 Å². The van der Waals surface area contributed by atoms with Crippen molar-refractivity contribution in [1.82, 2.24) is 51.9 Å². The average Bonchev–Trinajstić information content (AvgIpc) is 3.85. The van der Waals surface area contributed by atoms with Crippen molar-refractivity contribution in [2.75, 3.05) is 13.5 Å². The first-order chi connectivity index (χ1) is 22.7. The number of nitrogens with one attached hydrogen (secondary N) is 4. The molecule has 0 radical (unpaired) electrons. The molecule has 6 aromatic rings. The third-order valence-electron chi connectivity index (χ3n) is 7.35. The van der Waals surface area contributed by atoms with Crippen LogP contribution in [0, 0.1) is 0 Å². The van der Waals surface area contributed by atoms with Gasteiger partial charge in [0.05, 0.1) is 12.1 Å². The number of aromatic amines is 2. The van der Waals surface area contributed by atoms with Crippen LogP contribution in [-0.2, 0) is 26.5 Å². The number of aromatic nitrogens is 8. The molecule has 0 bridgehead atoms. The van der Waals surface area contributed by atoms with Crippen LogP contribution in [0.15, 0.2) is 109 Å². The molecule has 0 aliphatic heterocycles. The van der Waals surface area contributed by atoms with Crippen LogP contribution in [0.1, 0.15) is 34.9 Å². The second-order valence-electron chi connectivity index (χ2n) is 10.4. The zero-order chi connectivity index (χ0) is 31.4. The van der Waals surface area contributed by atoms with E-state index in [0.717, 1.165) is 33.4 Å². The van der Waals surface area contributed by atoms with E-state index in [4.69, 9.17) is 9.05 Å². The van der Waals surface area contributed by atoms with Gasteiger partial charge in [-0.1, -0.05) is 120 Å². The molecule has 0 aliphatic carbocycles. The number of hydrogen-bond donors (Lipinski definition) is 4. The summed E-state index contributed by atoms with van der Waals surface area (Å²) in [5.41, 5.74) is 6.68. The second kappa shape index (κ2) is 15.8. The van der Waals surface area contributed by atoms with Crippen molar-refractivity contribution in [2.45, 2.75) is 24.9 Å². The lowest BCUT2D eigenvalue weighted by molar-refractivity contribution is 0.186. The summed E-state index contributed by atoms with van der Waals surface area (Å²) in [6, 6.07) is 36.2. The predicted molar refractivity (Wildman–Crippen MR) is 171 cm³/mol. The van der Waals surface area contributed by atoms with Crippen molar-refractivity contribution in [3.8, 4) is 22.3 Å². The number of benzene rings is 4. The van der Waals surface area contributed by atoms with Crippen LogP contribution >= 0.6 is 8.25 Å². The van der Waals surface area contributed by atoms with Crippen molar-refractivity contribution in [3.63, 3.8) is 0 Å². The van der Waals surface area contributed by atoms with Crippen LogP contribution in [-0.4, -0.2) is 54.7 Å². The van der Waals surface area contributed by atoms with Crippen LogP contribution < -0.4 is 10.6 Å². The molecule has 4 N–H and O–H groups in total. The molecule has 0 saturated carbocycles. The fourth-order valence-electron chi connectivity index (χ4n) is 4.96. The lowest BCUT2D eigenvalue weighted by Crippen LogP contribution is -2.27. The molecule has 6 rings (SSSR count). The van der Waals surface area contributed by atoms with Gasteiger partial charge in [-0.3, -0.25) is 10.6 Å². The Labute approximate surface area is 266 Å². The Morgan fingerprint density at radius 1 is 0.565 bits per heavy atom. The lowest BCUT2D eigenvalue weighted by atomic mass is 10.0. The largest absolute Gasteiger partial charge is 0.700 e. The summed E-state index contributed by atoms with van der Waals surface area (Å²) in [6.45, 7) is -0.114. The van der Waals surface area contributed by atoms with E-state index in [1.807, 2.05) is 36.4 Å². The standard InChI is InChI=1S/C32H32N10O3P/c43-46(44-21-33-29(31-35-39-40-36-31)19-23-11-15-27(16-12-23)25-7-3-1-4-8-25)45-22-34-30(32-37-41-42-38-32)20-24-13-17-28(18-14-24)26-9-5-2-6-10-26/h1-18,29-30,33-34H,19-22H2,(H,35,36,39,40)(H,37,38,41,42)/q+1/t29-,30-/m0/s1. The first-order valence-corrected chi connectivity index (χ1v) is 15.8. The zero-order valence-electron chi connectivity index (χ0n) is 24.7. The van der Waals surface area contributed by atoms with Gasteiger partial charge in [0.2, 0.25) is 0 Å². The Morgan fingerprint density at radius 3 is 1.33 bits per heavy atom. The van der Waals surface area contributed by atoms with Crippen molar-refractivity contribution in [3.05, 3.63) is 132 Å². The molecule has 46 heavy (non-hydrogen) atoms. The van der Waals surface area contributed by atoms with E-state index in [1.54, 1.807) is 0 Å². The highest BCUT2D eigenvalue weighted by molar-refractivity contribution is 7.33. The molecule has 0 saturated heterocycles. The fraction of sp³-hybridized carbons (Fsp3) is 0.188. The maximum absolute atomic E-state index is 12.6. The van der Waals surface area contributed by atoms with Crippen molar-refractivity contribution in [1.29, 1.82) is 0 Å². The van der Waals surface area contributed by atoms with Crippen molar-refractivity contribution < 1.29 is 13.6 Å². The van der Waals surface area contributed by atoms with E-state index in [-0.39, 0.29) is 25.5 Å². The van der Waals surface area contributed by atoms with Gasteiger partial charge in [-0.25, -0.2) is 0 Å². The van der Waals surface area contributed by atoms with Crippen molar-refractivity contribution in [2.24, 2.45) is 0 Å². The van der Waals surface area contributed by atoms with Crippen LogP contribution in [0.5, 0.6) is 0 Å². The molecular formula is C32H32N10O3P+. The Morgan fingerprint density at radius 2 is 0.957 bits per heavy atom. The van der Waals surface area contributed by atoms with E-state index < -0.39 is 8.25 Å². The molecule has 0 unspecified atom stereocenters. The summed E-state index contributed by atoms with van der Waals surface area (Å²) in [7, 11) is -2.44. The summed E-state index contributed by atoms with van der Waals surface area (Å²) >= 11 is 0. The maximum Gasteiger partial charge on any atom is 0.700 e. The molecule has 0 amide bonds. The molecule has 0 fully saturated rings. The third kappa shape index (κ3) is 8.57. The monoisotopic (exact) mass is 635 g/mol. The Balaban J connectivity index is 0.986. The van der Waals surface area contributed by atoms with Gasteiger partial charge in [0, 0.05) is 4.57 Å². The minimum atomic E-state index is -2.44. The van der Waals surface area contributed by atoms with Gasteiger partial charge in [0.15, 0.2) is 25.1 Å². The number of hydrogen-bond acceptors (Lipinski definition) is 11. The van der Waals surface area contributed by atoms with Gasteiger partial charge in [0.1, 0.15) is 0 Å². The molecule has 13 nitrogen and oxygen atoms in total. The number of H-pyrrole nitrogens is 2. The molecular weight excluding hydrogens is 603 g/mol. The Bertz CT molecular complexity index is 1630. The van der Waals surface area contributed by atoms with E-state index in [9.17, 15) is 4.57 Å². The summed E-state index contributed by atoms with van der Waals surface area (Å²) in [5, 5.41) is 35.2. The van der Waals surface area contributed by atoms with Gasteiger partial charge < -0.3 is 0 Å². The summed E-state index contributed by atoms with van der Waals surface area (Å²) in [6.07, 6.45) is 1.13. The van der Waals surface area contributed by atoms with Crippen LogP contribution in [0.25, 0.3) is 22.3 Å². The first-order valence-electron chi connectivity index (χ1n) is 14.7. The molecule has 2 atom stereocenters. The molecule has 0 aliphatic rings. The highest BCUT2D eigenvalue weighted by atomic mass is 31.1. The van der Waals surface area contributed by atoms with E-state index in [0.29, 0.717) is 24.5 Å². The number of nitrogens with zero attached hydrogens (tertiary/aromatic N) is 6. The molecule has 14 heteroatoms. The van der Waals surface area contributed by atoms with E-state index >= 15 is 0 Å². The minimum absolute atomic E-state index is 0.0570. The van der Waals surface area contributed by atoms with E-state index in [2.05, 4.69) is 125 Å². The highest BCUT2D eigenvalue weighted by Gasteiger charge is 2.25. The summed E-state index contributed by atoms with van der Waals surface area (Å²) in [5.74, 6) is 0.932. The fourth-order valence-corrected chi connectivity index (χ4v) is 5.40. The average molecular weight is 636 g/mol. The molecule has 2 aromatic heterocycles. The Kier molecular flexibility index (Phi) is 10.6. The highest BCUT2D eigenvalue weighted by Crippen LogP contribution is 2.26. The van der Waals surface area contributed by atoms with Gasteiger partial charge >= 0.3 is 8.25 Å². The van der Waals surface area contributed by atoms with Gasteiger partial charge in [-0.05, 0) is 46.2 Å². The lowest BCUT2D eigenvalue weighted by Gasteiger charge is -2.14. The van der Waals surface area contributed by atoms with Gasteiger partial charge in [-0.15, -0.1) is 29.4 Å². The van der Waals surface area contributed by atoms with Gasteiger partial charge in [0.25, 0.3) is 0 Å². The number of rotatable bonds is 16. The molecule has 0 spiro atoms. The van der Waals surface area contributed by atoms with Crippen LogP contribution in [0.2, 0.25) is 0 Å². The predicted octanol–water partition coefficient (Wildman–Crippen LogP) is 5.10. The Hall–Kier alpha value is -5.04. The zero-order valence-corrected chi connectivity index (χ0v) is 25.6. The third-order valence-corrected chi connectivity index (χ3v) is 8.03. The maximum atomic E-state index is 12.6. The van der Waals surface area contributed by atoms with Crippen LogP contribution in [0.3, 0.4) is 0 Å². The molecule has 2 heterocycles. The van der Waals surface area contributed by atoms with Gasteiger partial charge in [-0.2, -0.15) is 10.4 Å². The SMILES string of the molecule is O=[P+](OCN[C@@H](Cc1ccc(-c2ccccc2)cc1)c1nn[nH]n1)OCN[C@@H](Cc1ccc(-c2ccccc2)cc1)c1nn[nH]n1. The summed E-state index contributed by atoms with van der Waals surface area (Å²) in [4.78, 5) is 0. The summed E-state index contributed by atoms with van der Waals surface area (Å²) < 4.78 is 23.4. The number of tetrazole rings is 2. The van der Waals surface area contributed by atoms with E-state index in [1.165, 1.54) is 0 Å². The second-order valence-corrected chi connectivity index (χ2v) is 11.3. The van der Waals surface area contributed by atoms with Crippen LogP contribution in [0.4, 0.5) is 0 Å². The first kappa shape index (κ1) is 31.0.